The Morgan fingerprint density at radius 3 is 2.59 bits per heavy atom. The molecule has 0 saturated heterocycles. The maximum absolute atomic E-state index is 10.3. The van der Waals surface area contributed by atoms with Gasteiger partial charge >= 0.3 is 0 Å². The fraction of sp³-hybridized carbons (Fsp3) is 0.182. The topological polar surface area (TPSA) is 111 Å². The van der Waals surface area contributed by atoms with E-state index in [0.29, 0.717) is 12.2 Å². The Morgan fingerprint density at radius 2 is 2.06 bits per heavy atom. The third kappa shape index (κ3) is 2.67. The van der Waals surface area contributed by atoms with Crippen LogP contribution in [0.15, 0.2) is 24.3 Å². The van der Waals surface area contributed by atoms with Gasteiger partial charge in [0.15, 0.2) is 5.82 Å². The summed E-state index contributed by atoms with van der Waals surface area (Å²) in [4.78, 5) is 14.3. The highest BCUT2D eigenvalue weighted by Crippen LogP contribution is 2.16. The number of rotatable bonds is 4. The number of anilines is 1. The summed E-state index contributed by atoms with van der Waals surface area (Å²) in [5.41, 5.74) is 12.8. The molecule has 6 heteroatoms. The van der Waals surface area contributed by atoms with E-state index in [1.54, 1.807) is 6.29 Å². The van der Waals surface area contributed by atoms with Gasteiger partial charge in [-0.2, -0.15) is 4.98 Å². The second-order valence-electron chi connectivity index (χ2n) is 3.67. The number of nitrogens with two attached hydrogens (primary N) is 2. The number of hydrogen-bond acceptors (Lipinski definition) is 5. The number of aromatic amines is 1. The van der Waals surface area contributed by atoms with E-state index in [-0.39, 0.29) is 5.95 Å². The maximum atomic E-state index is 10.3. The van der Waals surface area contributed by atoms with Gasteiger partial charge in [-0.1, -0.05) is 24.3 Å². The number of hydrogen-bond donors (Lipinski definition) is 3. The van der Waals surface area contributed by atoms with Crippen LogP contribution in [0.3, 0.4) is 0 Å². The Balaban J connectivity index is 2.15. The molecule has 0 spiro atoms. The molecule has 0 aliphatic rings. The quantitative estimate of drug-likeness (QED) is 0.686. The van der Waals surface area contributed by atoms with E-state index in [4.69, 9.17) is 11.5 Å². The number of nitrogens with one attached hydrogen (secondary N) is 1. The molecule has 1 unspecified atom stereocenters. The van der Waals surface area contributed by atoms with E-state index >= 15 is 0 Å². The first-order chi connectivity index (χ1) is 8.19. The van der Waals surface area contributed by atoms with Crippen LogP contribution in [-0.2, 0) is 11.2 Å². The lowest BCUT2D eigenvalue weighted by molar-refractivity contribution is 0.541. The molecule has 1 atom stereocenters. The van der Waals surface area contributed by atoms with Crippen molar-refractivity contribution in [3.63, 3.8) is 0 Å². The molecule has 0 aliphatic heterocycles. The number of benzene rings is 1. The van der Waals surface area contributed by atoms with Crippen LogP contribution in [0.25, 0.3) is 11.4 Å². The lowest BCUT2D eigenvalue weighted by Gasteiger charge is -2.03. The van der Waals surface area contributed by atoms with Gasteiger partial charge in [-0.15, -0.1) is 5.10 Å². The Kier molecular flexibility index (Phi) is 3.15. The molecule has 1 radical (unpaired) electrons. The van der Waals surface area contributed by atoms with E-state index < -0.39 is 6.04 Å². The number of carbonyl (C=O) groups excluding carboxylic acids is 1. The van der Waals surface area contributed by atoms with Gasteiger partial charge in [-0.25, -0.2) is 0 Å². The Bertz CT molecular complexity index is 505. The van der Waals surface area contributed by atoms with Crippen molar-refractivity contribution in [1.29, 1.82) is 0 Å². The second-order valence-corrected chi connectivity index (χ2v) is 3.67. The predicted octanol–water partition coefficient (Wildman–Crippen LogP) is 0.0334. The molecule has 1 heterocycles. The summed E-state index contributed by atoms with van der Waals surface area (Å²) in [6.07, 6.45) is 2.22. The lowest BCUT2D eigenvalue weighted by Crippen LogP contribution is -2.23. The first kappa shape index (κ1) is 11.3. The van der Waals surface area contributed by atoms with Crippen molar-refractivity contribution in [2.75, 3.05) is 5.73 Å². The van der Waals surface area contributed by atoms with Gasteiger partial charge in [0.25, 0.3) is 0 Å². The fourth-order valence-corrected chi connectivity index (χ4v) is 1.50. The van der Waals surface area contributed by atoms with Crippen molar-refractivity contribution in [1.82, 2.24) is 15.2 Å². The zero-order valence-corrected chi connectivity index (χ0v) is 9.05. The van der Waals surface area contributed by atoms with Crippen LogP contribution >= 0.6 is 0 Å². The van der Waals surface area contributed by atoms with E-state index in [9.17, 15) is 4.79 Å². The molecule has 6 nitrogen and oxygen atoms in total. The molecular formula is C11H12N5O. The van der Waals surface area contributed by atoms with Gasteiger partial charge in [-0.3, -0.25) is 9.89 Å². The summed E-state index contributed by atoms with van der Waals surface area (Å²) in [6.45, 7) is 0. The lowest BCUT2D eigenvalue weighted by atomic mass is 10.1. The summed E-state index contributed by atoms with van der Waals surface area (Å²) in [6, 6.07) is 6.91. The first-order valence-electron chi connectivity index (χ1n) is 5.09. The van der Waals surface area contributed by atoms with E-state index in [2.05, 4.69) is 15.2 Å². The number of nitrogen functional groups attached to an aromatic ring is 1. The Labute approximate surface area is 98.0 Å². The van der Waals surface area contributed by atoms with Gasteiger partial charge < -0.3 is 11.5 Å². The molecule has 0 amide bonds. The zero-order chi connectivity index (χ0) is 12.3. The highest BCUT2D eigenvalue weighted by atomic mass is 16.1. The predicted molar refractivity (Wildman–Crippen MR) is 63.6 cm³/mol. The fourth-order valence-electron chi connectivity index (χ4n) is 1.50. The van der Waals surface area contributed by atoms with Crippen molar-refractivity contribution in [3.05, 3.63) is 29.8 Å². The van der Waals surface area contributed by atoms with Crippen LogP contribution in [0.5, 0.6) is 0 Å². The molecule has 1 aromatic heterocycles. The summed E-state index contributed by atoms with van der Waals surface area (Å²) in [7, 11) is 0. The molecule has 17 heavy (non-hydrogen) atoms. The molecule has 0 aliphatic carbocycles. The van der Waals surface area contributed by atoms with E-state index in [1.165, 1.54) is 0 Å². The average molecular weight is 230 g/mol. The normalized spacial score (nSPS) is 12.3. The van der Waals surface area contributed by atoms with E-state index in [0.717, 1.165) is 11.1 Å². The molecule has 0 saturated carbocycles. The molecule has 2 aromatic rings. The zero-order valence-electron chi connectivity index (χ0n) is 9.05. The minimum absolute atomic E-state index is 0.210. The Morgan fingerprint density at radius 1 is 1.35 bits per heavy atom. The number of aromatic nitrogens is 3. The van der Waals surface area contributed by atoms with Crippen LogP contribution in [0, 0.1) is 0 Å². The second kappa shape index (κ2) is 4.75. The Hall–Kier alpha value is -2.21. The molecule has 5 N–H and O–H groups in total. The third-order valence-corrected chi connectivity index (χ3v) is 2.34. The molecule has 1 aromatic carbocycles. The van der Waals surface area contributed by atoms with Crippen LogP contribution in [0.2, 0.25) is 0 Å². The van der Waals surface area contributed by atoms with Crippen molar-refractivity contribution >= 4 is 12.2 Å². The largest absolute Gasteiger partial charge is 0.366 e. The van der Waals surface area contributed by atoms with Gasteiger partial charge in [0.2, 0.25) is 12.2 Å². The molecule has 87 valence electrons. The summed E-state index contributed by atoms with van der Waals surface area (Å²) in [5, 5.41) is 6.47. The SMILES string of the molecule is Nc1n[nH]c(-c2ccc(CC(N)[C]=O)cc2)n1. The van der Waals surface area contributed by atoms with Gasteiger partial charge in [0, 0.05) is 5.56 Å². The van der Waals surface area contributed by atoms with Crippen LogP contribution in [-0.4, -0.2) is 27.5 Å². The van der Waals surface area contributed by atoms with Crippen LogP contribution in [0.1, 0.15) is 5.56 Å². The maximum Gasteiger partial charge on any atom is 0.239 e. The molecular weight excluding hydrogens is 218 g/mol. The van der Waals surface area contributed by atoms with Crippen molar-refractivity contribution in [3.8, 4) is 11.4 Å². The molecule has 0 fully saturated rings. The first-order valence-corrected chi connectivity index (χ1v) is 5.09. The standard InChI is InChI=1S/C11H12N5O/c12-9(6-17)5-7-1-3-8(4-2-7)10-14-11(13)16-15-10/h1-4,9H,5,12H2,(H3,13,14,15,16). The minimum Gasteiger partial charge on any atom is -0.366 e. The van der Waals surface area contributed by atoms with E-state index in [1.807, 2.05) is 24.3 Å². The molecule has 0 bridgehead atoms. The number of nitrogens with zero attached hydrogens (tertiary/aromatic N) is 2. The number of H-pyrrole nitrogens is 1. The smallest absolute Gasteiger partial charge is 0.239 e. The van der Waals surface area contributed by atoms with Crippen molar-refractivity contribution in [2.24, 2.45) is 5.73 Å². The van der Waals surface area contributed by atoms with Gasteiger partial charge in [0.05, 0.1) is 6.04 Å². The third-order valence-electron chi connectivity index (χ3n) is 2.34. The summed E-state index contributed by atoms with van der Waals surface area (Å²) < 4.78 is 0. The summed E-state index contributed by atoms with van der Waals surface area (Å²) in [5.74, 6) is 0.821. The van der Waals surface area contributed by atoms with Crippen LogP contribution in [0.4, 0.5) is 5.95 Å². The minimum atomic E-state index is -0.582. The monoisotopic (exact) mass is 230 g/mol. The van der Waals surface area contributed by atoms with Crippen LogP contribution < -0.4 is 11.5 Å². The molecule has 2 rings (SSSR count). The van der Waals surface area contributed by atoms with Gasteiger partial charge in [0.1, 0.15) is 0 Å². The van der Waals surface area contributed by atoms with Crippen molar-refractivity contribution in [2.45, 2.75) is 12.5 Å². The highest BCUT2D eigenvalue weighted by Gasteiger charge is 2.05. The van der Waals surface area contributed by atoms with Gasteiger partial charge in [-0.05, 0) is 12.0 Å². The van der Waals surface area contributed by atoms with Crippen molar-refractivity contribution < 1.29 is 4.79 Å². The average Bonchev–Trinajstić information content (AvgIpc) is 2.77. The highest BCUT2D eigenvalue weighted by molar-refractivity contribution is 5.60. The summed E-state index contributed by atoms with van der Waals surface area (Å²) >= 11 is 0.